The van der Waals surface area contributed by atoms with E-state index in [9.17, 15) is 9.18 Å². The van der Waals surface area contributed by atoms with Crippen LogP contribution in [0, 0.1) is 5.82 Å². The number of carbonyl (C=O) groups is 1. The third kappa shape index (κ3) is 3.07. The molecule has 1 aliphatic rings. The SMILES string of the molecule is COc1ccc(C=NN=C2NC(=O)CS2)cc1F. The number of ether oxygens (including phenoxy) is 1. The third-order valence-electron chi connectivity index (χ3n) is 2.12. The van der Waals surface area contributed by atoms with Gasteiger partial charge in [-0.1, -0.05) is 11.8 Å². The molecule has 1 fully saturated rings. The van der Waals surface area contributed by atoms with Gasteiger partial charge in [-0.15, -0.1) is 5.10 Å². The number of carbonyl (C=O) groups excluding carboxylic acids is 1. The van der Waals surface area contributed by atoms with Crippen molar-refractivity contribution in [3.05, 3.63) is 29.6 Å². The van der Waals surface area contributed by atoms with Gasteiger partial charge in [-0.05, 0) is 23.8 Å². The number of thioether (sulfide) groups is 1. The van der Waals surface area contributed by atoms with Gasteiger partial charge < -0.3 is 10.1 Å². The normalized spacial score (nSPS) is 17.4. The van der Waals surface area contributed by atoms with E-state index in [4.69, 9.17) is 4.74 Å². The Balaban J connectivity index is 2.05. The van der Waals surface area contributed by atoms with Crippen LogP contribution in [0.25, 0.3) is 0 Å². The first-order valence-electron chi connectivity index (χ1n) is 5.06. The minimum Gasteiger partial charge on any atom is -0.494 e. The zero-order valence-corrected chi connectivity index (χ0v) is 10.3. The summed E-state index contributed by atoms with van der Waals surface area (Å²) in [6.45, 7) is 0. The second-order valence-corrected chi connectivity index (χ2v) is 4.34. The molecule has 0 bridgehead atoms. The Kier molecular flexibility index (Phi) is 3.93. The number of nitrogens with one attached hydrogen (secondary N) is 1. The summed E-state index contributed by atoms with van der Waals surface area (Å²) in [4.78, 5) is 10.9. The number of amidine groups is 1. The molecule has 0 aromatic heterocycles. The third-order valence-corrected chi connectivity index (χ3v) is 2.98. The minimum atomic E-state index is -0.461. The molecule has 94 valence electrons. The molecule has 18 heavy (non-hydrogen) atoms. The van der Waals surface area contributed by atoms with Crippen LogP contribution in [-0.4, -0.2) is 30.2 Å². The summed E-state index contributed by atoms with van der Waals surface area (Å²) < 4.78 is 18.1. The standard InChI is InChI=1S/C11H10FN3O2S/c1-17-9-3-2-7(4-8(9)12)5-13-15-11-14-10(16)6-18-11/h2-5H,6H2,1H3,(H,14,15,16). The van der Waals surface area contributed by atoms with E-state index < -0.39 is 5.82 Å². The van der Waals surface area contributed by atoms with Crippen molar-refractivity contribution in [2.75, 3.05) is 12.9 Å². The van der Waals surface area contributed by atoms with Gasteiger partial charge in [-0.3, -0.25) is 4.79 Å². The molecule has 0 saturated carbocycles. The van der Waals surface area contributed by atoms with Crippen LogP contribution in [0.3, 0.4) is 0 Å². The van der Waals surface area contributed by atoms with Crippen LogP contribution in [0.1, 0.15) is 5.56 Å². The highest BCUT2D eigenvalue weighted by Crippen LogP contribution is 2.16. The van der Waals surface area contributed by atoms with E-state index >= 15 is 0 Å². The summed E-state index contributed by atoms with van der Waals surface area (Å²) in [5, 5.41) is 10.6. The topological polar surface area (TPSA) is 63.1 Å². The first-order chi connectivity index (χ1) is 8.69. The Morgan fingerprint density at radius 2 is 2.39 bits per heavy atom. The molecular weight excluding hydrogens is 257 g/mol. The fraction of sp³-hybridized carbons (Fsp3) is 0.182. The van der Waals surface area contributed by atoms with Crippen molar-refractivity contribution in [1.29, 1.82) is 0 Å². The van der Waals surface area contributed by atoms with E-state index in [1.54, 1.807) is 6.07 Å². The van der Waals surface area contributed by atoms with Crippen LogP contribution >= 0.6 is 11.8 Å². The molecule has 2 rings (SSSR count). The zero-order chi connectivity index (χ0) is 13.0. The van der Waals surface area contributed by atoms with E-state index in [0.29, 0.717) is 16.5 Å². The predicted molar refractivity (Wildman–Crippen MR) is 68.6 cm³/mol. The van der Waals surface area contributed by atoms with Crippen molar-refractivity contribution >= 4 is 29.1 Å². The number of nitrogens with zero attached hydrogens (tertiary/aromatic N) is 2. The molecule has 5 nitrogen and oxygen atoms in total. The fourth-order valence-electron chi connectivity index (χ4n) is 1.29. The van der Waals surface area contributed by atoms with Crippen molar-refractivity contribution in [2.24, 2.45) is 10.2 Å². The lowest BCUT2D eigenvalue weighted by atomic mass is 10.2. The average molecular weight is 267 g/mol. The Morgan fingerprint density at radius 3 is 3.00 bits per heavy atom. The number of benzene rings is 1. The molecule has 1 aromatic carbocycles. The molecule has 1 heterocycles. The highest BCUT2D eigenvalue weighted by Gasteiger charge is 2.15. The highest BCUT2D eigenvalue weighted by atomic mass is 32.2. The van der Waals surface area contributed by atoms with Crippen molar-refractivity contribution in [3.63, 3.8) is 0 Å². The monoisotopic (exact) mass is 267 g/mol. The van der Waals surface area contributed by atoms with E-state index in [-0.39, 0.29) is 11.7 Å². The second-order valence-electron chi connectivity index (χ2n) is 3.38. The van der Waals surface area contributed by atoms with E-state index in [0.717, 1.165) is 0 Å². The molecule has 0 aliphatic carbocycles. The predicted octanol–water partition coefficient (Wildman–Crippen LogP) is 1.39. The summed E-state index contributed by atoms with van der Waals surface area (Å²) >= 11 is 1.28. The van der Waals surface area contributed by atoms with Crippen molar-refractivity contribution in [1.82, 2.24) is 5.32 Å². The fourth-order valence-corrected chi connectivity index (χ4v) is 1.92. The molecule has 0 atom stereocenters. The maximum atomic E-state index is 13.3. The molecule has 7 heteroatoms. The first kappa shape index (κ1) is 12.6. The van der Waals surface area contributed by atoms with Crippen LogP contribution in [-0.2, 0) is 4.79 Å². The minimum absolute atomic E-state index is 0.0931. The lowest BCUT2D eigenvalue weighted by Gasteiger charge is -2.00. The molecule has 1 aromatic rings. The smallest absolute Gasteiger partial charge is 0.236 e. The number of halogens is 1. The van der Waals surface area contributed by atoms with Crippen LogP contribution < -0.4 is 10.1 Å². The average Bonchev–Trinajstić information content (AvgIpc) is 2.75. The molecule has 0 radical (unpaired) electrons. The Hall–Kier alpha value is -1.89. The molecule has 0 spiro atoms. The Bertz CT molecular complexity index is 531. The van der Waals surface area contributed by atoms with Gasteiger partial charge in [0, 0.05) is 0 Å². The van der Waals surface area contributed by atoms with Gasteiger partial charge >= 0.3 is 0 Å². The summed E-state index contributed by atoms with van der Waals surface area (Å²) in [5.41, 5.74) is 0.562. The summed E-state index contributed by atoms with van der Waals surface area (Å²) in [7, 11) is 1.40. The van der Waals surface area contributed by atoms with Crippen molar-refractivity contribution in [3.8, 4) is 5.75 Å². The molecule has 1 N–H and O–H groups in total. The summed E-state index contributed by atoms with van der Waals surface area (Å²) in [6, 6.07) is 4.46. The van der Waals surface area contributed by atoms with E-state index in [1.807, 2.05) is 0 Å². The maximum absolute atomic E-state index is 13.3. The number of hydrogen-bond donors (Lipinski definition) is 1. The van der Waals surface area contributed by atoms with Gasteiger partial charge in [-0.25, -0.2) is 4.39 Å². The van der Waals surface area contributed by atoms with Crippen molar-refractivity contribution in [2.45, 2.75) is 0 Å². The zero-order valence-electron chi connectivity index (χ0n) is 9.51. The molecule has 1 amide bonds. The van der Waals surface area contributed by atoms with Crippen LogP contribution in [0.2, 0.25) is 0 Å². The Labute approximate surface area is 107 Å². The maximum Gasteiger partial charge on any atom is 0.236 e. The molecule has 0 unspecified atom stereocenters. The first-order valence-corrected chi connectivity index (χ1v) is 6.05. The Morgan fingerprint density at radius 1 is 1.56 bits per heavy atom. The quantitative estimate of drug-likeness (QED) is 0.665. The van der Waals surface area contributed by atoms with Gasteiger partial charge in [-0.2, -0.15) is 5.10 Å². The number of rotatable bonds is 3. The number of methoxy groups -OCH3 is 1. The number of hydrogen-bond acceptors (Lipinski definition) is 5. The highest BCUT2D eigenvalue weighted by molar-refractivity contribution is 8.15. The van der Waals surface area contributed by atoms with Crippen molar-refractivity contribution < 1.29 is 13.9 Å². The molecule has 1 saturated heterocycles. The van der Waals surface area contributed by atoms with Gasteiger partial charge in [0.2, 0.25) is 5.91 Å². The second kappa shape index (κ2) is 5.63. The van der Waals surface area contributed by atoms with Crippen LogP contribution in [0.15, 0.2) is 28.4 Å². The lowest BCUT2D eigenvalue weighted by molar-refractivity contribution is -0.116. The molecule has 1 aliphatic heterocycles. The van der Waals surface area contributed by atoms with E-state index in [1.165, 1.54) is 37.2 Å². The number of amides is 1. The van der Waals surface area contributed by atoms with Gasteiger partial charge in [0.05, 0.1) is 19.1 Å². The van der Waals surface area contributed by atoms with E-state index in [2.05, 4.69) is 15.5 Å². The van der Waals surface area contributed by atoms with Gasteiger partial charge in [0.25, 0.3) is 0 Å². The summed E-state index contributed by atoms with van der Waals surface area (Å²) in [5.74, 6) is -0.0231. The van der Waals surface area contributed by atoms with Gasteiger partial charge in [0.15, 0.2) is 16.7 Å². The van der Waals surface area contributed by atoms with Crippen LogP contribution in [0.5, 0.6) is 5.75 Å². The van der Waals surface area contributed by atoms with Gasteiger partial charge in [0.1, 0.15) is 0 Å². The summed E-state index contributed by atoms with van der Waals surface area (Å²) in [6.07, 6.45) is 1.40. The van der Waals surface area contributed by atoms with Crippen LogP contribution in [0.4, 0.5) is 4.39 Å². The molecular formula is C11H10FN3O2S. The lowest BCUT2D eigenvalue weighted by Crippen LogP contribution is -2.19. The largest absolute Gasteiger partial charge is 0.494 e.